The van der Waals surface area contributed by atoms with Gasteiger partial charge in [-0.3, -0.25) is 9.59 Å². The molecule has 3 rings (SSSR count). The Morgan fingerprint density at radius 1 is 0.844 bits per heavy atom. The van der Waals surface area contributed by atoms with E-state index in [0.717, 1.165) is 18.2 Å². The summed E-state index contributed by atoms with van der Waals surface area (Å²) >= 11 is 0. The topological polar surface area (TPSA) is 75.4 Å². The molecule has 0 spiro atoms. The predicted molar refractivity (Wildman–Crippen MR) is 116 cm³/mol. The Hall–Kier alpha value is -3.65. The molecule has 0 bridgehead atoms. The quantitative estimate of drug-likeness (QED) is 0.546. The summed E-state index contributed by atoms with van der Waals surface area (Å²) in [5.41, 5.74) is 6.78. The smallest absolute Gasteiger partial charge is 0.255 e. The van der Waals surface area contributed by atoms with E-state index < -0.39 is 29.3 Å². The highest BCUT2D eigenvalue weighted by Gasteiger charge is 2.18. The first-order valence-corrected chi connectivity index (χ1v) is 9.97. The molecule has 0 aliphatic carbocycles. The minimum Gasteiger partial charge on any atom is -0.334 e. The van der Waals surface area contributed by atoms with Crippen LogP contribution in [0.15, 0.2) is 66.7 Å². The Bertz CT molecular complexity index is 1100. The van der Waals surface area contributed by atoms with Gasteiger partial charge in [0.2, 0.25) is 0 Å². The molecule has 2 amide bonds. The highest BCUT2D eigenvalue weighted by molar-refractivity contribution is 6.04. The van der Waals surface area contributed by atoms with Crippen LogP contribution >= 0.6 is 0 Å². The van der Waals surface area contributed by atoms with Gasteiger partial charge in [0.05, 0.1) is 0 Å². The van der Waals surface area contributed by atoms with Gasteiger partial charge in [0.1, 0.15) is 17.5 Å². The summed E-state index contributed by atoms with van der Waals surface area (Å²) in [6.45, 7) is 0.763. The molecule has 0 saturated heterocycles. The second-order valence-corrected chi connectivity index (χ2v) is 7.19. The molecule has 3 aromatic carbocycles. The van der Waals surface area contributed by atoms with Crippen molar-refractivity contribution in [3.8, 4) is 0 Å². The van der Waals surface area contributed by atoms with Crippen molar-refractivity contribution < 1.29 is 22.8 Å². The monoisotopic (exact) mass is 441 g/mol. The molecule has 0 radical (unpaired) electrons. The summed E-state index contributed by atoms with van der Waals surface area (Å²) in [6, 6.07) is 14.8. The first-order valence-electron chi connectivity index (χ1n) is 9.97. The molecule has 8 heteroatoms. The van der Waals surface area contributed by atoms with Gasteiger partial charge >= 0.3 is 0 Å². The van der Waals surface area contributed by atoms with E-state index >= 15 is 0 Å². The molecule has 0 fully saturated rings. The van der Waals surface area contributed by atoms with Crippen LogP contribution in [-0.4, -0.2) is 29.8 Å². The lowest BCUT2D eigenvalue weighted by molar-refractivity contribution is 0.0741. The number of rotatable bonds is 8. The first kappa shape index (κ1) is 23.0. The van der Waals surface area contributed by atoms with Crippen LogP contribution in [-0.2, 0) is 6.54 Å². The zero-order chi connectivity index (χ0) is 23.1. The number of amides is 2. The van der Waals surface area contributed by atoms with E-state index in [1.165, 1.54) is 23.1 Å². The minimum absolute atomic E-state index is 0.102. The molecule has 32 heavy (non-hydrogen) atoms. The molecular formula is C24H22F3N3O2. The number of nitrogens with zero attached hydrogens (tertiary/aromatic N) is 1. The van der Waals surface area contributed by atoms with E-state index in [9.17, 15) is 22.8 Å². The Balaban J connectivity index is 1.78. The number of benzene rings is 3. The third-order valence-electron chi connectivity index (χ3n) is 4.67. The number of halogens is 3. The number of hydrogen-bond acceptors (Lipinski definition) is 3. The van der Waals surface area contributed by atoms with Gasteiger partial charge < -0.3 is 16.0 Å². The van der Waals surface area contributed by atoms with Crippen molar-refractivity contribution in [2.24, 2.45) is 5.73 Å². The van der Waals surface area contributed by atoms with E-state index in [4.69, 9.17) is 5.73 Å². The van der Waals surface area contributed by atoms with E-state index in [2.05, 4.69) is 5.32 Å². The Labute approximate surface area is 183 Å². The van der Waals surface area contributed by atoms with Gasteiger partial charge in [0.25, 0.3) is 11.8 Å². The molecule has 0 heterocycles. The molecule has 0 aromatic heterocycles. The van der Waals surface area contributed by atoms with Gasteiger partial charge in [-0.25, -0.2) is 13.2 Å². The maximum atomic E-state index is 13.6. The maximum absolute atomic E-state index is 13.6. The summed E-state index contributed by atoms with van der Waals surface area (Å²) < 4.78 is 40.5. The Morgan fingerprint density at radius 3 is 2.22 bits per heavy atom. The number of hydrogen-bond donors (Lipinski definition) is 2. The van der Waals surface area contributed by atoms with Gasteiger partial charge in [0, 0.05) is 36.0 Å². The zero-order valence-corrected chi connectivity index (χ0v) is 17.2. The number of carbonyl (C=O) groups excluding carboxylic acids is 2. The average molecular weight is 441 g/mol. The average Bonchev–Trinajstić information content (AvgIpc) is 2.75. The Kier molecular flexibility index (Phi) is 7.62. The summed E-state index contributed by atoms with van der Waals surface area (Å²) in [5, 5.41) is 2.69. The molecule has 5 nitrogen and oxygen atoms in total. The lowest BCUT2D eigenvalue weighted by Crippen LogP contribution is -2.32. The summed E-state index contributed by atoms with van der Waals surface area (Å²) in [7, 11) is 0. The number of carbonyl (C=O) groups is 2. The fraction of sp³-hybridized carbons (Fsp3) is 0.167. The van der Waals surface area contributed by atoms with Crippen LogP contribution < -0.4 is 11.1 Å². The maximum Gasteiger partial charge on any atom is 0.255 e. The van der Waals surface area contributed by atoms with Gasteiger partial charge in [-0.1, -0.05) is 18.2 Å². The van der Waals surface area contributed by atoms with Crippen molar-refractivity contribution in [3.63, 3.8) is 0 Å². The summed E-state index contributed by atoms with van der Waals surface area (Å²) in [6.07, 6.45) is 0.500. The van der Waals surface area contributed by atoms with Crippen LogP contribution in [0.5, 0.6) is 0 Å². The normalized spacial score (nSPS) is 10.6. The Morgan fingerprint density at radius 2 is 1.53 bits per heavy atom. The molecular weight excluding hydrogens is 419 g/mol. The van der Waals surface area contributed by atoms with Crippen LogP contribution in [0.3, 0.4) is 0 Å². The lowest BCUT2D eigenvalue weighted by Gasteiger charge is -2.23. The molecule has 0 atom stereocenters. The lowest BCUT2D eigenvalue weighted by atomic mass is 10.1. The zero-order valence-electron chi connectivity index (χ0n) is 17.2. The van der Waals surface area contributed by atoms with Gasteiger partial charge in [0.15, 0.2) is 0 Å². The third-order valence-corrected chi connectivity index (χ3v) is 4.67. The molecule has 0 unspecified atom stereocenters. The van der Waals surface area contributed by atoms with Crippen LogP contribution in [0, 0.1) is 17.5 Å². The van der Waals surface area contributed by atoms with Crippen molar-refractivity contribution in [2.45, 2.75) is 13.0 Å². The van der Waals surface area contributed by atoms with Crippen molar-refractivity contribution in [2.75, 3.05) is 18.4 Å². The molecule has 0 saturated carbocycles. The predicted octanol–water partition coefficient (Wildman–Crippen LogP) is 4.35. The van der Waals surface area contributed by atoms with E-state index in [-0.39, 0.29) is 24.2 Å². The van der Waals surface area contributed by atoms with Gasteiger partial charge in [-0.05, 0) is 61.0 Å². The van der Waals surface area contributed by atoms with Crippen molar-refractivity contribution >= 4 is 17.5 Å². The summed E-state index contributed by atoms with van der Waals surface area (Å²) in [4.78, 5) is 26.7. The highest BCUT2D eigenvalue weighted by atomic mass is 19.1. The van der Waals surface area contributed by atoms with E-state index in [1.807, 2.05) is 0 Å². The fourth-order valence-corrected chi connectivity index (χ4v) is 3.20. The first-order chi connectivity index (χ1) is 15.4. The second kappa shape index (κ2) is 10.6. The van der Waals surface area contributed by atoms with Crippen molar-refractivity contribution in [1.29, 1.82) is 0 Å². The number of anilines is 1. The fourth-order valence-electron chi connectivity index (χ4n) is 3.20. The molecule has 0 aliphatic heterocycles. The molecule has 3 N–H and O–H groups in total. The van der Waals surface area contributed by atoms with Crippen LogP contribution in [0.2, 0.25) is 0 Å². The summed E-state index contributed by atoms with van der Waals surface area (Å²) in [5.74, 6) is -3.21. The van der Waals surface area contributed by atoms with Crippen LogP contribution in [0.4, 0.5) is 18.9 Å². The van der Waals surface area contributed by atoms with Gasteiger partial charge in [-0.2, -0.15) is 0 Å². The third kappa shape index (κ3) is 6.18. The molecule has 166 valence electrons. The van der Waals surface area contributed by atoms with Crippen LogP contribution in [0.25, 0.3) is 0 Å². The highest BCUT2D eigenvalue weighted by Crippen LogP contribution is 2.17. The minimum atomic E-state index is -0.839. The largest absolute Gasteiger partial charge is 0.334 e. The number of nitrogens with one attached hydrogen (secondary N) is 1. The van der Waals surface area contributed by atoms with E-state index in [0.29, 0.717) is 30.3 Å². The molecule has 0 aliphatic rings. The second-order valence-electron chi connectivity index (χ2n) is 7.19. The van der Waals surface area contributed by atoms with Crippen molar-refractivity contribution in [3.05, 3.63) is 101 Å². The molecule has 3 aromatic rings. The van der Waals surface area contributed by atoms with Crippen LogP contribution in [0.1, 0.15) is 32.7 Å². The number of nitrogens with two attached hydrogens (primary N) is 1. The van der Waals surface area contributed by atoms with E-state index in [1.54, 1.807) is 24.3 Å². The standard InChI is InChI=1S/C24H22F3N3O2/c25-19-6-2-5-17(11-19)23(31)29-22-7-1-4-16(10-22)15-30(9-3-8-28)24(32)18-12-20(26)14-21(27)13-18/h1-2,4-7,10-14H,3,8-9,15,28H2,(H,29,31). The van der Waals surface area contributed by atoms with Crippen molar-refractivity contribution in [1.82, 2.24) is 4.90 Å². The SMILES string of the molecule is NCCCN(Cc1cccc(NC(=O)c2cccc(F)c2)c1)C(=O)c1cc(F)cc(F)c1. The van der Waals surface area contributed by atoms with Gasteiger partial charge in [-0.15, -0.1) is 0 Å².